The third-order valence-corrected chi connectivity index (χ3v) is 3.00. The van der Waals surface area contributed by atoms with Gasteiger partial charge in [-0.2, -0.15) is 10.4 Å². The highest BCUT2D eigenvalue weighted by molar-refractivity contribution is 5.81. The molecule has 0 aliphatic rings. The summed E-state index contributed by atoms with van der Waals surface area (Å²) in [6.07, 6.45) is 0. The van der Waals surface area contributed by atoms with Crippen LogP contribution in [0.3, 0.4) is 0 Å². The first kappa shape index (κ1) is 11.9. The zero-order chi connectivity index (χ0) is 14.3. The Morgan fingerprint density at radius 2 is 1.95 bits per heavy atom. The second-order valence-electron chi connectivity index (χ2n) is 4.32. The van der Waals surface area contributed by atoms with Gasteiger partial charge in [0, 0.05) is 18.7 Å². The van der Waals surface area contributed by atoms with Crippen LogP contribution in [0, 0.1) is 11.3 Å². The number of rotatable bonds is 1. The predicted octanol–water partition coefficient (Wildman–Crippen LogP) is 0.489. The van der Waals surface area contributed by atoms with Crippen LogP contribution < -0.4 is 11.2 Å². The molecule has 0 radical (unpaired) electrons. The summed E-state index contributed by atoms with van der Waals surface area (Å²) in [7, 11) is 1.52. The molecule has 0 atom stereocenters. The standard InChI is InChI=1S/C13H9N5O2/c1-18-11(19)5-8(6-14)12(17-18)7-2-3-9-10(4-7)16-13(20)15-9/h2-5H,1H3,(H2,15,16,20). The number of nitrogens with zero attached hydrogens (tertiary/aromatic N) is 3. The Kier molecular flexibility index (Phi) is 2.51. The number of aromatic amines is 2. The molecule has 98 valence electrons. The first-order valence-corrected chi connectivity index (χ1v) is 5.79. The molecule has 0 amide bonds. The Balaban J connectivity index is 2.30. The van der Waals surface area contributed by atoms with Crippen molar-refractivity contribution in [2.45, 2.75) is 0 Å². The number of fused-ring (bicyclic) bond motifs is 1. The maximum atomic E-state index is 11.5. The largest absolute Gasteiger partial charge is 0.323 e. The van der Waals surface area contributed by atoms with Crippen LogP contribution in [0.4, 0.5) is 0 Å². The maximum Gasteiger partial charge on any atom is 0.323 e. The topological polar surface area (TPSA) is 107 Å². The van der Waals surface area contributed by atoms with Gasteiger partial charge in [0.15, 0.2) is 0 Å². The zero-order valence-corrected chi connectivity index (χ0v) is 10.5. The Bertz CT molecular complexity index is 971. The van der Waals surface area contributed by atoms with Crippen LogP contribution in [-0.2, 0) is 7.05 Å². The molecular weight excluding hydrogens is 258 g/mol. The molecule has 0 spiro atoms. The second-order valence-corrected chi connectivity index (χ2v) is 4.32. The van der Waals surface area contributed by atoms with Crippen molar-refractivity contribution in [2.24, 2.45) is 7.05 Å². The van der Waals surface area contributed by atoms with Crippen LogP contribution in [0.5, 0.6) is 0 Å². The first-order valence-electron chi connectivity index (χ1n) is 5.79. The minimum atomic E-state index is -0.346. The minimum absolute atomic E-state index is 0.199. The highest BCUT2D eigenvalue weighted by atomic mass is 16.1. The molecule has 0 unspecified atom stereocenters. The summed E-state index contributed by atoms with van der Waals surface area (Å²) >= 11 is 0. The van der Waals surface area contributed by atoms with Crippen molar-refractivity contribution >= 4 is 11.0 Å². The molecule has 0 bridgehead atoms. The highest BCUT2D eigenvalue weighted by Crippen LogP contribution is 2.22. The van der Waals surface area contributed by atoms with Gasteiger partial charge in [0.2, 0.25) is 0 Å². The van der Waals surface area contributed by atoms with Gasteiger partial charge < -0.3 is 9.97 Å². The average molecular weight is 267 g/mol. The Morgan fingerprint density at radius 1 is 1.20 bits per heavy atom. The van der Waals surface area contributed by atoms with Crippen molar-refractivity contribution < 1.29 is 0 Å². The van der Waals surface area contributed by atoms with E-state index >= 15 is 0 Å². The van der Waals surface area contributed by atoms with Crippen molar-refractivity contribution in [1.29, 1.82) is 5.26 Å². The van der Waals surface area contributed by atoms with Crippen LogP contribution in [0.2, 0.25) is 0 Å². The first-order chi connectivity index (χ1) is 9.58. The number of hydrogen-bond donors (Lipinski definition) is 2. The van der Waals surface area contributed by atoms with E-state index in [1.165, 1.54) is 17.8 Å². The highest BCUT2D eigenvalue weighted by Gasteiger charge is 2.10. The molecule has 0 aliphatic heterocycles. The third-order valence-electron chi connectivity index (χ3n) is 3.00. The summed E-state index contributed by atoms with van der Waals surface area (Å²) in [5.41, 5.74) is 1.89. The molecule has 3 rings (SSSR count). The number of aryl methyl sites for hydroxylation is 1. The molecule has 7 nitrogen and oxygen atoms in total. The summed E-state index contributed by atoms with van der Waals surface area (Å²) in [6, 6.07) is 8.37. The van der Waals surface area contributed by atoms with E-state index in [4.69, 9.17) is 5.26 Å². The normalized spacial score (nSPS) is 10.6. The summed E-state index contributed by atoms with van der Waals surface area (Å²) in [5.74, 6) is 0. The van der Waals surface area contributed by atoms with Gasteiger partial charge in [-0.25, -0.2) is 9.48 Å². The Hall–Kier alpha value is -3.14. The van der Waals surface area contributed by atoms with Gasteiger partial charge in [-0.05, 0) is 12.1 Å². The van der Waals surface area contributed by atoms with E-state index in [2.05, 4.69) is 15.1 Å². The van der Waals surface area contributed by atoms with Crippen molar-refractivity contribution in [2.75, 3.05) is 0 Å². The van der Waals surface area contributed by atoms with Crippen LogP contribution >= 0.6 is 0 Å². The van der Waals surface area contributed by atoms with Crippen molar-refractivity contribution in [3.05, 3.63) is 50.7 Å². The molecule has 2 aromatic heterocycles. The van der Waals surface area contributed by atoms with E-state index in [1.54, 1.807) is 18.2 Å². The molecule has 2 N–H and O–H groups in total. The molecule has 0 saturated carbocycles. The molecule has 1 aromatic carbocycles. The van der Waals surface area contributed by atoms with Crippen LogP contribution in [0.1, 0.15) is 5.56 Å². The number of hydrogen-bond acceptors (Lipinski definition) is 4. The van der Waals surface area contributed by atoms with E-state index in [0.29, 0.717) is 22.3 Å². The Labute approximate surface area is 112 Å². The lowest BCUT2D eigenvalue weighted by molar-refractivity contribution is 0.710. The number of aromatic nitrogens is 4. The lowest BCUT2D eigenvalue weighted by Crippen LogP contribution is -2.20. The van der Waals surface area contributed by atoms with Gasteiger partial charge in [0.05, 0.1) is 16.6 Å². The molecule has 2 heterocycles. The van der Waals surface area contributed by atoms with E-state index in [0.717, 1.165) is 0 Å². The summed E-state index contributed by atoms with van der Waals surface area (Å²) in [6.45, 7) is 0. The van der Waals surface area contributed by atoms with E-state index < -0.39 is 0 Å². The number of nitriles is 1. The number of nitrogens with one attached hydrogen (secondary N) is 2. The monoisotopic (exact) mass is 267 g/mol. The summed E-state index contributed by atoms with van der Waals surface area (Å²) < 4.78 is 1.17. The van der Waals surface area contributed by atoms with Crippen LogP contribution in [-0.4, -0.2) is 19.7 Å². The van der Waals surface area contributed by atoms with E-state index in [9.17, 15) is 9.59 Å². The molecule has 7 heteroatoms. The van der Waals surface area contributed by atoms with Gasteiger partial charge in [0.25, 0.3) is 5.56 Å². The third kappa shape index (κ3) is 1.80. The average Bonchev–Trinajstić information content (AvgIpc) is 2.80. The van der Waals surface area contributed by atoms with Crippen molar-refractivity contribution in [3.8, 4) is 17.3 Å². The summed E-state index contributed by atoms with van der Waals surface area (Å²) in [4.78, 5) is 28.0. The smallest absolute Gasteiger partial charge is 0.306 e. The maximum absolute atomic E-state index is 11.5. The molecule has 0 saturated heterocycles. The predicted molar refractivity (Wildman–Crippen MR) is 72.1 cm³/mol. The lowest BCUT2D eigenvalue weighted by atomic mass is 10.1. The van der Waals surface area contributed by atoms with Crippen LogP contribution in [0.25, 0.3) is 22.3 Å². The van der Waals surface area contributed by atoms with Gasteiger partial charge in [0.1, 0.15) is 11.8 Å². The molecular formula is C13H9N5O2. The van der Waals surface area contributed by atoms with Gasteiger partial charge in [-0.15, -0.1) is 0 Å². The van der Waals surface area contributed by atoms with Crippen molar-refractivity contribution in [3.63, 3.8) is 0 Å². The van der Waals surface area contributed by atoms with E-state index in [-0.39, 0.29) is 16.8 Å². The van der Waals surface area contributed by atoms with E-state index in [1.807, 2.05) is 6.07 Å². The van der Waals surface area contributed by atoms with Gasteiger partial charge in [-0.3, -0.25) is 4.79 Å². The fourth-order valence-corrected chi connectivity index (χ4v) is 2.02. The van der Waals surface area contributed by atoms with Crippen molar-refractivity contribution in [1.82, 2.24) is 19.7 Å². The zero-order valence-electron chi connectivity index (χ0n) is 10.5. The van der Waals surface area contributed by atoms with Gasteiger partial charge >= 0.3 is 5.69 Å². The molecule has 0 fully saturated rings. The quantitative estimate of drug-likeness (QED) is 0.668. The SMILES string of the molecule is Cn1nc(-c2ccc3[nH]c(=O)[nH]c3c2)c(C#N)cc1=O. The fraction of sp³-hybridized carbons (Fsp3) is 0.0769. The molecule has 20 heavy (non-hydrogen) atoms. The Morgan fingerprint density at radius 3 is 2.70 bits per heavy atom. The molecule has 3 aromatic rings. The fourth-order valence-electron chi connectivity index (χ4n) is 2.02. The number of imidazole rings is 1. The minimum Gasteiger partial charge on any atom is -0.306 e. The number of benzene rings is 1. The van der Waals surface area contributed by atoms with Gasteiger partial charge in [-0.1, -0.05) is 6.07 Å². The lowest BCUT2D eigenvalue weighted by Gasteiger charge is -2.05. The summed E-state index contributed by atoms with van der Waals surface area (Å²) in [5, 5.41) is 13.2. The number of H-pyrrole nitrogens is 2. The second kappa shape index (κ2) is 4.20. The molecule has 0 aliphatic carbocycles. The van der Waals surface area contributed by atoms with Crippen LogP contribution in [0.15, 0.2) is 33.9 Å².